The van der Waals surface area contributed by atoms with Gasteiger partial charge in [-0.25, -0.2) is 0 Å². The fourth-order valence-electron chi connectivity index (χ4n) is 4.60. The first-order chi connectivity index (χ1) is 14.8. The number of hydrogen-bond donors (Lipinski definition) is 0. The van der Waals surface area contributed by atoms with Gasteiger partial charge in [-0.15, -0.1) is 0 Å². The Morgan fingerprint density at radius 3 is 1.77 bits per heavy atom. The lowest BCUT2D eigenvalue weighted by molar-refractivity contribution is 0.132. The summed E-state index contributed by atoms with van der Waals surface area (Å²) in [6.07, 6.45) is 26.1. The van der Waals surface area contributed by atoms with Crippen LogP contribution in [-0.2, 0) is 6.54 Å². The first-order valence-corrected chi connectivity index (χ1v) is 13.1. The lowest BCUT2D eigenvalue weighted by atomic mass is 10.0. The summed E-state index contributed by atoms with van der Waals surface area (Å²) in [5.41, 5.74) is 1.42. The van der Waals surface area contributed by atoms with Gasteiger partial charge in [0.15, 0.2) is 0 Å². The molecule has 0 aromatic heterocycles. The lowest BCUT2D eigenvalue weighted by Crippen LogP contribution is -2.38. The molecule has 0 fully saturated rings. The van der Waals surface area contributed by atoms with Crippen molar-refractivity contribution in [3.63, 3.8) is 0 Å². The maximum atomic E-state index is 2.61. The molecule has 2 rings (SSSR count). The molecule has 1 aromatic carbocycles. The number of unbranched alkanes of at least 4 members (excludes halogenated alkanes) is 12. The van der Waals surface area contributed by atoms with Crippen molar-refractivity contribution in [1.29, 1.82) is 0 Å². The Hall–Kier alpha value is -1.44. The summed E-state index contributed by atoms with van der Waals surface area (Å²) < 4.78 is 0. The standard InChI is InChI=1S/C28H48N2/c1-3-5-7-8-9-10-11-12-13-14-18-22-28-29(23-19-6-4-2)24-25-30(28)26-27-20-16-15-17-21-27/h15-17,20-21,24-25,28H,3-14,18-19,22-23,26H2,1-2H3. The molecular weight excluding hydrogens is 364 g/mol. The SMILES string of the molecule is CCCCCCCCCCCCCC1N(CCCCC)C=CN1Cc1ccccc1. The van der Waals surface area contributed by atoms with E-state index in [1.165, 1.54) is 108 Å². The van der Waals surface area contributed by atoms with E-state index < -0.39 is 0 Å². The van der Waals surface area contributed by atoms with Gasteiger partial charge in [0.1, 0.15) is 6.17 Å². The van der Waals surface area contributed by atoms with Crippen molar-refractivity contribution in [2.24, 2.45) is 0 Å². The molecule has 1 aromatic rings. The molecule has 170 valence electrons. The molecule has 0 saturated carbocycles. The minimum atomic E-state index is 0.556. The summed E-state index contributed by atoms with van der Waals surface area (Å²) in [4.78, 5) is 5.17. The fourth-order valence-corrected chi connectivity index (χ4v) is 4.60. The summed E-state index contributed by atoms with van der Waals surface area (Å²) in [7, 11) is 0. The van der Waals surface area contributed by atoms with Gasteiger partial charge >= 0.3 is 0 Å². The molecule has 1 aliphatic rings. The van der Waals surface area contributed by atoms with Gasteiger partial charge in [0.25, 0.3) is 0 Å². The molecule has 1 heterocycles. The zero-order chi connectivity index (χ0) is 21.3. The molecule has 1 unspecified atom stereocenters. The minimum absolute atomic E-state index is 0.556. The molecule has 0 spiro atoms. The second-order valence-corrected chi connectivity index (χ2v) is 9.21. The molecule has 1 aliphatic heterocycles. The van der Waals surface area contributed by atoms with Crippen LogP contribution >= 0.6 is 0 Å². The van der Waals surface area contributed by atoms with Crippen LogP contribution in [0.5, 0.6) is 0 Å². The maximum absolute atomic E-state index is 2.61. The van der Waals surface area contributed by atoms with Gasteiger partial charge < -0.3 is 9.80 Å². The minimum Gasteiger partial charge on any atom is -0.356 e. The van der Waals surface area contributed by atoms with Crippen LogP contribution in [0, 0.1) is 0 Å². The smallest absolute Gasteiger partial charge is 0.101 e. The molecule has 2 heteroatoms. The van der Waals surface area contributed by atoms with Crippen molar-refractivity contribution >= 4 is 0 Å². The molecular formula is C28H48N2. The van der Waals surface area contributed by atoms with E-state index in [1.807, 2.05) is 0 Å². The molecule has 30 heavy (non-hydrogen) atoms. The second-order valence-electron chi connectivity index (χ2n) is 9.21. The highest BCUT2D eigenvalue weighted by Gasteiger charge is 2.25. The van der Waals surface area contributed by atoms with Gasteiger partial charge in [0.05, 0.1) is 0 Å². The first kappa shape index (κ1) is 24.8. The highest BCUT2D eigenvalue weighted by molar-refractivity contribution is 5.15. The zero-order valence-corrected chi connectivity index (χ0v) is 20.0. The van der Waals surface area contributed by atoms with Gasteiger partial charge in [0, 0.05) is 25.5 Å². The predicted molar refractivity (Wildman–Crippen MR) is 132 cm³/mol. The Morgan fingerprint density at radius 1 is 0.600 bits per heavy atom. The summed E-state index contributed by atoms with van der Waals surface area (Å²) in [5, 5.41) is 0. The maximum Gasteiger partial charge on any atom is 0.101 e. The van der Waals surface area contributed by atoms with Crippen LogP contribution in [0.4, 0.5) is 0 Å². The van der Waals surface area contributed by atoms with Gasteiger partial charge in [-0.1, -0.05) is 121 Å². The fraction of sp³-hybridized carbons (Fsp3) is 0.714. The normalized spacial score (nSPS) is 16.0. The van der Waals surface area contributed by atoms with Crippen LogP contribution < -0.4 is 0 Å². The Balaban J connectivity index is 1.65. The van der Waals surface area contributed by atoms with Crippen LogP contribution in [0.1, 0.15) is 116 Å². The van der Waals surface area contributed by atoms with Crippen molar-refractivity contribution < 1.29 is 0 Å². The van der Waals surface area contributed by atoms with Gasteiger partial charge in [-0.05, 0) is 24.8 Å². The summed E-state index contributed by atoms with van der Waals surface area (Å²) in [6.45, 7) is 6.83. The van der Waals surface area contributed by atoms with E-state index in [0.717, 1.165) is 6.54 Å². The van der Waals surface area contributed by atoms with Crippen LogP contribution in [0.25, 0.3) is 0 Å². The van der Waals surface area contributed by atoms with Gasteiger partial charge in [-0.2, -0.15) is 0 Å². The van der Waals surface area contributed by atoms with Crippen LogP contribution in [-0.4, -0.2) is 22.5 Å². The number of hydrogen-bond acceptors (Lipinski definition) is 2. The van der Waals surface area contributed by atoms with Crippen molar-refractivity contribution in [1.82, 2.24) is 9.80 Å². The van der Waals surface area contributed by atoms with E-state index in [4.69, 9.17) is 0 Å². The number of benzene rings is 1. The van der Waals surface area contributed by atoms with Crippen molar-refractivity contribution in [2.75, 3.05) is 6.54 Å². The Morgan fingerprint density at radius 2 is 1.13 bits per heavy atom. The van der Waals surface area contributed by atoms with Crippen molar-refractivity contribution in [3.05, 3.63) is 48.3 Å². The highest BCUT2D eigenvalue weighted by atomic mass is 15.4. The summed E-state index contributed by atoms with van der Waals surface area (Å²) in [5.74, 6) is 0. The van der Waals surface area contributed by atoms with Crippen LogP contribution in [0.15, 0.2) is 42.7 Å². The van der Waals surface area contributed by atoms with Crippen LogP contribution in [0.3, 0.4) is 0 Å². The largest absolute Gasteiger partial charge is 0.356 e. The highest BCUT2D eigenvalue weighted by Crippen LogP contribution is 2.24. The third-order valence-corrected chi connectivity index (χ3v) is 6.51. The zero-order valence-electron chi connectivity index (χ0n) is 20.0. The van der Waals surface area contributed by atoms with E-state index in [0.29, 0.717) is 6.17 Å². The van der Waals surface area contributed by atoms with Crippen molar-refractivity contribution in [2.45, 2.75) is 123 Å². The average molecular weight is 413 g/mol. The molecule has 0 radical (unpaired) electrons. The molecule has 0 N–H and O–H groups in total. The summed E-state index contributed by atoms with van der Waals surface area (Å²) >= 11 is 0. The van der Waals surface area contributed by atoms with E-state index in [2.05, 4.69) is 66.4 Å². The van der Waals surface area contributed by atoms with Crippen molar-refractivity contribution in [3.8, 4) is 0 Å². The third kappa shape index (κ3) is 10.0. The molecule has 0 aliphatic carbocycles. The Kier molecular flexibility index (Phi) is 13.5. The van der Waals surface area contributed by atoms with Crippen LogP contribution in [0.2, 0.25) is 0 Å². The average Bonchev–Trinajstić information content (AvgIpc) is 3.14. The van der Waals surface area contributed by atoms with Gasteiger partial charge in [0.2, 0.25) is 0 Å². The van der Waals surface area contributed by atoms with E-state index in [-0.39, 0.29) is 0 Å². The first-order valence-electron chi connectivity index (χ1n) is 13.1. The van der Waals surface area contributed by atoms with E-state index >= 15 is 0 Å². The quantitative estimate of drug-likeness (QED) is 0.223. The Bertz CT molecular complexity index is 539. The molecule has 1 atom stereocenters. The van der Waals surface area contributed by atoms with E-state index in [9.17, 15) is 0 Å². The second kappa shape index (κ2) is 16.3. The number of nitrogens with zero attached hydrogens (tertiary/aromatic N) is 2. The van der Waals surface area contributed by atoms with Gasteiger partial charge in [-0.3, -0.25) is 0 Å². The molecule has 0 bridgehead atoms. The lowest BCUT2D eigenvalue weighted by Gasteiger charge is -2.33. The molecule has 2 nitrogen and oxygen atoms in total. The molecule has 0 saturated heterocycles. The predicted octanol–water partition coefficient (Wildman–Crippen LogP) is 8.49. The summed E-state index contributed by atoms with van der Waals surface area (Å²) in [6, 6.07) is 10.9. The van der Waals surface area contributed by atoms with E-state index in [1.54, 1.807) is 0 Å². The monoisotopic (exact) mass is 412 g/mol. The number of rotatable bonds is 18. The molecule has 0 amide bonds. The third-order valence-electron chi connectivity index (χ3n) is 6.51. The topological polar surface area (TPSA) is 6.48 Å². The Labute approximate surface area is 187 Å².